The molecule has 1 rings (SSSR count). The molecule has 19 heavy (non-hydrogen) atoms. The van der Waals surface area contributed by atoms with Gasteiger partial charge in [-0.15, -0.1) is 0 Å². The zero-order valence-electron chi connectivity index (χ0n) is 13.0. The largest absolute Gasteiger partial charge is 0.355 e. The molecule has 0 aromatic carbocycles. The van der Waals surface area contributed by atoms with Crippen LogP contribution in [0, 0.1) is 11.8 Å². The van der Waals surface area contributed by atoms with E-state index in [0.29, 0.717) is 24.5 Å². The van der Waals surface area contributed by atoms with E-state index in [2.05, 4.69) is 37.9 Å². The van der Waals surface area contributed by atoms with Crippen molar-refractivity contribution >= 4 is 5.91 Å². The molecule has 0 aromatic rings. The monoisotopic (exact) mass is 269 g/mol. The van der Waals surface area contributed by atoms with Crippen LogP contribution in [-0.4, -0.2) is 42.5 Å². The summed E-state index contributed by atoms with van der Waals surface area (Å²) in [7, 11) is 0. The number of nitrogens with zero attached hydrogens (tertiary/aromatic N) is 1. The summed E-state index contributed by atoms with van der Waals surface area (Å²) in [4.78, 5) is 14.5. The number of hydrogen-bond donors (Lipinski definition) is 2. The molecule has 0 spiro atoms. The first-order valence-electron chi connectivity index (χ1n) is 7.70. The summed E-state index contributed by atoms with van der Waals surface area (Å²) in [5.74, 6) is 0.753. The van der Waals surface area contributed by atoms with Gasteiger partial charge in [0.2, 0.25) is 5.91 Å². The maximum atomic E-state index is 12.2. The molecule has 1 aliphatic carbocycles. The van der Waals surface area contributed by atoms with E-state index >= 15 is 0 Å². The Balaban J connectivity index is 2.34. The van der Waals surface area contributed by atoms with Crippen LogP contribution in [0.25, 0.3) is 0 Å². The van der Waals surface area contributed by atoms with Crippen LogP contribution >= 0.6 is 0 Å². The molecule has 2 atom stereocenters. The molecule has 0 heterocycles. The van der Waals surface area contributed by atoms with Crippen molar-refractivity contribution in [1.82, 2.24) is 10.2 Å². The normalized spacial score (nSPS) is 23.6. The molecule has 4 heteroatoms. The van der Waals surface area contributed by atoms with Crippen LogP contribution in [-0.2, 0) is 4.79 Å². The minimum atomic E-state index is 0.150. The average molecular weight is 269 g/mol. The van der Waals surface area contributed by atoms with Gasteiger partial charge in [0.05, 0.1) is 0 Å². The van der Waals surface area contributed by atoms with Gasteiger partial charge < -0.3 is 11.1 Å². The smallest absolute Gasteiger partial charge is 0.223 e. The van der Waals surface area contributed by atoms with E-state index in [0.717, 1.165) is 32.4 Å². The van der Waals surface area contributed by atoms with Crippen LogP contribution in [0.15, 0.2) is 0 Å². The predicted octanol–water partition coefficient (Wildman–Crippen LogP) is 1.60. The number of nitrogens with one attached hydrogen (secondary N) is 1. The minimum absolute atomic E-state index is 0.150. The van der Waals surface area contributed by atoms with Gasteiger partial charge in [-0.25, -0.2) is 0 Å². The molecule has 112 valence electrons. The van der Waals surface area contributed by atoms with E-state index in [1.807, 2.05) is 0 Å². The standard InChI is InChI=1S/C15H31N3O/c1-11(2)18(12(3)4)9-8-17-15(19)14-7-5-6-13(14)10-16/h11-14H,5-10,16H2,1-4H3,(H,17,19)/t13-,14-/m1/s1. The van der Waals surface area contributed by atoms with Crippen molar-refractivity contribution in [3.8, 4) is 0 Å². The zero-order valence-corrected chi connectivity index (χ0v) is 13.0. The Morgan fingerprint density at radius 1 is 1.26 bits per heavy atom. The van der Waals surface area contributed by atoms with E-state index in [1.54, 1.807) is 0 Å². The summed E-state index contributed by atoms with van der Waals surface area (Å²) in [6.45, 7) is 11.1. The molecule has 0 aliphatic heterocycles. The summed E-state index contributed by atoms with van der Waals surface area (Å²) in [6, 6.07) is 1.03. The topological polar surface area (TPSA) is 58.4 Å². The van der Waals surface area contributed by atoms with Crippen molar-refractivity contribution in [1.29, 1.82) is 0 Å². The van der Waals surface area contributed by atoms with E-state index in [1.165, 1.54) is 0 Å². The highest BCUT2D eigenvalue weighted by molar-refractivity contribution is 5.79. The highest BCUT2D eigenvalue weighted by atomic mass is 16.1. The van der Waals surface area contributed by atoms with E-state index < -0.39 is 0 Å². The number of carbonyl (C=O) groups is 1. The third-order valence-electron chi connectivity index (χ3n) is 4.29. The first kappa shape index (κ1) is 16.4. The lowest BCUT2D eigenvalue weighted by Gasteiger charge is -2.30. The maximum Gasteiger partial charge on any atom is 0.223 e. The first-order valence-corrected chi connectivity index (χ1v) is 7.70. The Bertz CT molecular complexity index is 271. The van der Waals surface area contributed by atoms with E-state index in [4.69, 9.17) is 5.73 Å². The third-order valence-corrected chi connectivity index (χ3v) is 4.29. The highest BCUT2D eigenvalue weighted by Crippen LogP contribution is 2.30. The number of carbonyl (C=O) groups excluding carboxylic acids is 1. The van der Waals surface area contributed by atoms with Gasteiger partial charge in [-0.3, -0.25) is 9.69 Å². The Hall–Kier alpha value is -0.610. The molecule has 4 nitrogen and oxygen atoms in total. The molecule has 3 N–H and O–H groups in total. The third kappa shape index (κ3) is 4.77. The van der Waals surface area contributed by atoms with Crippen molar-refractivity contribution < 1.29 is 4.79 Å². The SMILES string of the molecule is CC(C)N(CCNC(=O)[C@@H]1CCC[C@@H]1CN)C(C)C. The molecular weight excluding hydrogens is 238 g/mol. The van der Waals surface area contributed by atoms with Crippen molar-refractivity contribution in [2.45, 2.75) is 59.0 Å². The van der Waals surface area contributed by atoms with Crippen molar-refractivity contribution in [2.24, 2.45) is 17.6 Å². The van der Waals surface area contributed by atoms with E-state index in [-0.39, 0.29) is 11.8 Å². The van der Waals surface area contributed by atoms with Crippen LogP contribution in [0.5, 0.6) is 0 Å². The number of rotatable bonds is 7. The molecule has 1 fully saturated rings. The second kappa shape index (κ2) is 7.85. The molecule has 1 amide bonds. The van der Waals surface area contributed by atoms with Gasteiger partial charge in [0, 0.05) is 31.1 Å². The quantitative estimate of drug-likeness (QED) is 0.738. The lowest BCUT2D eigenvalue weighted by molar-refractivity contribution is -0.126. The van der Waals surface area contributed by atoms with Crippen LogP contribution in [0.3, 0.4) is 0 Å². The molecule has 0 aromatic heterocycles. The fourth-order valence-electron chi connectivity index (χ4n) is 3.22. The Labute approximate surface area is 118 Å². The van der Waals surface area contributed by atoms with Crippen LogP contribution < -0.4 is 11.1 Å². The highest BCUT2D eigenvalue weighted by Gasteiger charge is 2.31. The number of nitrogens with two attached hydrogens (primary N) is 1. The summed E-state index contributed by atoms with van der Waals surface area (Å²) in [5, 5.41) is 3.09. The molecule has 0 saturated heterocycles. The van der Waals surface area contributed by atoms with Gasteiger partial charge in [0.15, 0.2) is 0 Å². The predicted molar refractivity (Wildman–Crippen MR) is 79.9 cm³/mol. The van der Waals surface area contributed by atoms with Gasteiger partial charge in [0.25, 0.3) is 0 Å². The van der Waals surface area contributed by atoms with Crippen LogP contribution in [0.4, 0.5) is 0 Å². The van der Waals surface area contributed by atoms with Crippen LogP contribution in [0.2, 0.25) is 0 Å². The zero-order chi connectivity index (χ0) is 14.4. The summed E-state index contributed by atoms with van der Waals surface area (Å²) in [6.07, 6.45) is 3.26. The fraction of sp³-hybridized carbons (Fsp3) is 0.933. The molecule has 0 radical (unpaired) electrons. The molecular formula is C15H31N3O. The molecule has 1 saturated carbocycles. The van der Waals surface area contributed by atoms with Gasteiger partial charge in [-0.05, 0) is 53.0 Å². The Morgan fingerprint density at radius 3 is 2.42 bits per heavy atom. The molecule has 1 aliphatic rings. The lowest BCUT2D eigenvalue weighted by atomic mass is 9.95. The lowest BCUT2D eigenvalue weighted by Crippen LogP contribution is -2.44. The van der Waals surface area contributed by atoms with Gasteiger partial charge >= 0.3 is 0 Å². The van der Waals surface area contributed by atoms with Crippen molar-refractivity contribution in [2.75, 3.05) is 19.6 Å². The molecule has 0 bridgehead atoms. The van der Waals surface area contributed by atoms with E-state index in [9.17, 15) is 4.79 Å². The number of amides is 1. The summed E-state index contributed by atoms with van der Waals surface area (Å²) >= 11 is 0. The fourth-order valence-corrected chi connectivity index (χ4v) is 3.22. The van der Waals surface area contributed by atoms with Gasteiger partial charge in [-0.1, -0.05) is 6.42 Å². The second-order valence-corrected chi connectivity index (χ2v) is 6.25. The Kier molecular flexibility index (Phi) is 6.80. The van der Waals surface area contributed by atoms with Gasteiger partial charge in [0.1, 0.15) is 0 Å². The van der Waals surface area contributed by atoms with Crippen molar-refractivity contribution in [3.05, 3.63) is 0 Å². The maximum absolute atomic E-state index is 12.2. The second-order valence-electron chi connectivity index (χ2n) is 6.25. The number of hydrogen-bond acceptors (Lipinski definition) is 3. The summed E-state index contributed by atoms with van der Waals surface area (Å²) in [5.41, 5.74) is 5.73. The van der Waals surface area contributed by atoms with Crippen LogP contribution in [0.1, 0.15) is 47.0 Å². The van der Waals surface area contributed by atoms with Crippen molar-refractivity contribution in [3.63, 3.8) is 0 Å². The first-order chi connectivity index (χ1) is 8.97. The molecule has 0 unspecified atom stereocenters. The van der Waals surface area contributed by atoms with Gasteiger partial charge in [-0.2, -0.15) is 0 Å². The minimum Gasteiger partial charge on any atom is -0.355 e. The average Bonchev–Trinajstić information content (AvgIpc) is 2.81. The summed E-state index contributed by atoms with van der Waals surface area (Å²) < 4.78 is 0. The Morgan fingerprint density at radius 2 is 1.89 bits per heavy atom.